The van der Waals surface area contributed by atoms with Crippen LogP contribution >= 0.6 is 0 Å². The molecule has 11 heavy (non-hydrogen) atoms. The lowest BCUT2D eigenvalue weighted by Crippen LogP contribution is -2.42. The summed E-state index contributed by atoms with van der Waals surface area (Å²) in [6.45, 7) is -0.949. The van der Waals surface area contributed by atoms with Crippen LogP contribution in [0.3, 0.4) is 0 Å². The van der Waals surface area contributed by atoms with Gasteiger partial charge in [0.1, 0.15) is 18.3 Å². The van der Waals surface area contributed by atoms with Crippen molar-refractivity contribution in [3.8, 4) is 0 Å². The summed E-state index contributed by atoms with van der Waals surface area (Å²) in [5, 5.41) is 34.9. The molecule has 0 saturated heterocycles. The standard InChI is InChI=1S/C6H14O5/c1-11-5(3-8)6(10)4(9)2-7/h4-10H,2-3H2,1H3/t4-,5+,6+/m1/s1. The van der Waals surface area contributed by atoms with E-state index < -0.39 is 31.5 Å². The first-order valence-electron chi connectivity index (χ1n) is 3.28. The lowest BCUT2D eigenvalue weighted by atomic mass is 10.1. The van der Waals surface area contributed by atoms with Crippen molar-refractivity contribution in [3.05, 3.63) is 0 Å². The van der Waals surface area contributed by atoms with E-state index in [0.717, 1.165) is 0 Å². The molecular weight excluding hydrogens is 152 g/mol. The predicted octanol–water partition coefficient (Wildman–Crippen LogP) is -2.29. The zero-order valence-corrected chi connectivity index (χ0v) is 6.34. The highest BCUT2D eigenvalue weighted by molar-refractivity contribution is 4.74. The molecule has 3 atom stereocenters. The van der Waals surface area contributed by atoms with Crippen molar-refractivity contribution in [1.29, 1.82) is 0 Å². The Balaban J connectivity index is 3.86. The first-order chi connectivity index (χ1) is 5.17. The van der Waals surface area contributed by atoms with Gasteiger partial charge in [-0.25, -0.2) is 0 Å². The molecule has 0 aromatic carbocycles. The smallest absolute Gasteiger partial charge is 0.110 e. The van der Waals surface area contributed by atoms with E-state index in [-0.39, 0.29) is 0 Å². The number of methoxy groups -OCH3 is 1. The van der Waals surface area contributed by atoms with E-state index in [1.54, 1.807) is 0 Å². The number of ether oxygens (including phenoxy) is 1. The molecule has 0 spiro atoms. The van der Waals surface area contributed by atoms with E-state index in [9.17, 15) is 0 Å². The zero-order chi connectivity index (χ0) is 8.85. The molecule has 0 amide bonds. The Morgan fingerprint density at radius 3 is 2.00 bits per heavy atom. The van der Waals surface area contributed by atoms with Crippen molar-refractivity contribution in [2.24, 2.45) is 0 Å². The molecule has 0 aliphatic rings. The normalized spacial score (nSPS) is 19.4. The summed E-state index contributed by atoms with van der Waals surface area (Å²) in [4.78, 5) is 0. The van der Waals surface area contributed by atoms with E-state index in [1.165, 1.54) is 7.11 Å². The molecule has 0 bridgehead atoms. The second-order valence-electron chi connectivity index (χ2n) is 2.20. The fourth-order valence-electron chi connectivity index (χ4n) is 0.678. The number of aliphatic hydroxyl groups excluding tert-OH is 4. The van der Waals surface area contributed by atoms with Gasteiger partial charge in [0.2, 0.25) is 0 Å². The molecule has 4 N–H and O–H groups in total. The van der Waals surface area contributed by atoms with Crippen LogP contribution in [0, 0.1) is 0 Å². The minimum atomic E-state index is -1.27. The van der Waals surface area contributed by atoms with Gasteiger partial charge in [-0.05, 0) is 0 Å². The highest BCUT2D eigenvalue weighted by Gasteiger charge is 2.24. The minimum Gasteiger partial charge on any atom is -0.394 e. The molecule has 68 valence electrons. The Bertz CT molecular complexity index is 93.0. The maximum atomic E-state index is 9.08. The topological polar surface area (TPSA) is 90.2 Å². The van der Waals surface area contributed by atoms with Crippen LogP contribution in [0.4, 0.5) is 0 Å². The molecule has 0 aliphatic heterocycles. The molecule has 0 aromatic heterocycles. The fraction of sp³-hybridized carbons (Fsp3) is 1.00. The summed E-state index contributed by atoms with van der Waals surface area (Å²) < 4.78 is 4.61. The van der Waals surface area contributed by atoms with E-state index in [4.69, 9.17) is 20.4 Å². The van der Waals surface area contributed by atoms with Gasteiger partial charge in [-0.3, -0.25) is 0 Å². The summed E-state index contributed by atoms with van der Waals surface area (Å²) in [7, 11) is 1.30. The van der Waals surface area contributed by atoms with Crippen molar-refractivity contribution in [2.45, 2.75) is 18.3 Å². The van der Waals surface area contributed by atoms with E-state index in [0.29, 0.717) is 0 Å². The van der Waals surface area contributed by atoms with Crippen LogP contribution in [-0.2, 0) is 4.74 Å². The van der Waals surface area contributed by atoms with Gasteiger partial charge in [-0.2, -0.15) is 0 Å². The first kappa shape index (κ1) is 10.8. The lowest BCUT2D eigenvalue weighted by molar-refractivity contribution is -0.104. The largest absolute Gasteiger partial charge is 0.394 e. The first-order valence-corrected chi connectivity index (χ1v) is 3.28. The number of hydrogen-bond acceptors (Lipinski definition) is 5. The third-order valence-corrected chi connectivity index (χ3v) is 1.44. The van der Waals surface area contributed by atoms with Crippen LogP contribution in [0.25, 0.3) is 0 Å². The molecule has 0 radical (unpaired) electrons. The summed E-state index contributed by atoms with van der Waals surface area (Å²) in [6, 6.07) is 0. The van der Waals surface area contributed by atoms with Crippen LogP contribution in [0.2, 0.25) is 0 Å². The quantitative estimate of drug-likeness (QED) is 0.369. The zero-order valence-electron chi connectivity index (χ0n) is 6.34. The maximum Gasteiger partial charge on any atom is 0.110 e. The van der Waals surface area contributed by atoms with Gasteiger partial charge in [0.15, 0.2) is 0 Å². The monoisotopic (exact) mass is 166 g/mol. The minimum absolute atomic E-state index is 0.394. The van der Waals surface area contributed by atoms with Gasteiger partial charge in [0, 0.05) is 7.11 Å². The van der Waals surface area contributed by atoms with Crippen molar-refractivity contribution in [1.82, 2.24) is 0 Å². The SMILES string of the molecule is CO[C@@H](CO)[C@@H](O)[C@H](O)CO. The Morgan fingerprint density at radius 2 is 1.73 bits per heavy atom. The Hall–Kier alpha value is -0.200. The number of aliphatic hydroxyl groups is 4. The second kappa shape index (κ2) is 5.45. The van der Waals surface area contributed by atoms with E-state index in [2.05, 4.69) is 4.74 Å². The van der Waals surface area contributed by atoms with E-state index >= 15 is 0 Å². The van der Waals surface area contributed by atoms with Gasteiger partial charge in [0.25, 0.3) is 0 Å². The number of hydrogen-bond donors (Lipinski definition) is 4. The third-order valence-electron chi connectivity index (χ3n) is 1.44. The lowest BCUT2D eigenvalue weighted by Gasteiger charge is -2.22. The van der Waals surface area contributed by atoms with Gasteiger partial charge in [-0.15, -0.1) is 0 Å². The van der Waals surface area contributed by atoms with Gasteiger partial charge in [0.05, 0.1) is 13.2 Å². The van der Waals surface area contributed by atoms with Crippen LogP contribution in [-0.4, -0.2) is 59.1 Å². The van der Waals surface area contributed by atoms with Crippen LogP contribution in [0.1, 0.15) is 0 Å². The van der Waals surface area contributed by atoms with Crippen molar-refractivity contribution >= 4 is 0 Å². The van der Waals surface area contributed by atoms with Gasteiger partial charge < -0.3 is 25.2 Å². The average Bonchev–Trinajstić information content (AvgIpc) is 2.05. The molecule has 0 rings (SSSR count). The highest BCUT2D eigenvalue weighted by Crippen LogP contribution is 2.02. The van der Waals surface area contributed by atoms with Gasteiger partial charge >= 0.3 is 0 Å². The van der Waals surface area contributed by atoms with Crippen LogP contribution in [0.15, 0.2) is 0 Å². The molecule has 0 unspecified atom stereocenters. The van der Waals surface area contributed by atoms with Crippen molar-refractivity contribution in [2.75, 3.05) is 20.3 Å². The Kier molecular flexibility index (Phi) is 5.35. The third kappa shape index (κ3) is 3.13. The van der Waals surface area contributed by atoms with Gasteiger partial charge in [-0.1, -0.05) is 0 Å². The second-order valence-corrected chi connectivity index (χ2v) is 2.20. The number of rotatable bonds is 5. The highest BCUT2D eigenvalue weighted by atomic mass is 16.5. The summed E-state index contributed by atoms with van der Waals surface area (Å²) in [5.41, 5.74) is 0. The van der Waals surface area contributed by atoms with Crippen molar-refractivity contribution in [3.63, 3.8) is 0 Å². The summed E-state index contributed by atoms with van der Waals surface area (Å²) in [6.07, 6.45) is -3.38. The van der Waals surface area contributed by atoms with Crippen LogP contribution < -0.4 is 0 Å². The molecule has 5 heteroatoms. The molecule has 0 aromatic rings. The average molecular weight is 166 g/mol. The molecule has 0 heterocycles. The molecule has 5 nitrogen and oxygen atoms in total. The fourth-order valence-corrected chi connectivity index (χ4v) is 0.678. The summed E-state index contributed by atoms with van der Waals surface area (Å²) >= 11 is 0. The maximum absolute atomic E-state index is 9.08. The Labute approximate surface area is 64.9 Å². The van der Waals surface area contributed by atoms with Crippen LogP contribution in [0.5, 0.6) is 0 Å². The molecule has 0 saturated carbocycles. The molecule has 0 aliphatic carbocycles. The summed E-state index contributed by atoms with van der Waals surface area (Å²) in [5.74, 6) is 0. The predicted molar refractivity (Wildman–Crippen MR) is 37.0 cm³/mol. The Morgan fingerprint density at radius 1 is 1.18 bits per heavy atom. The molecule has 0 fully saturated rings. The molecular formula is C6H14O5. The van der Waals surface area contributed by atoms with Crippen molar-refractivity contribution < 1.29 is 25.2 Å². The van der Waals surface area contributed by atoms with E-state index in [1.807, 2.05) is 0 Å².